The van der Waals surface area contributed by atoms with Gasteiger partial charge >= 0.3 is 0 Å². The van der Waals surface area contributed by atoms with Gasteiger partial charge in [-0.3, -0.25) is 0 Å². The molecule has 0 bridgehead atoms. The molecular weight excluding hydrogens is 552 g/mol. The van der Waals surface area contributed by atoms with Gasteiger partial charge in [-0.05, 0) is 33.7 Å². The van der Waals surface area contributed by atoms with Gasteiger partial charge in [0.15, 0.2) is 0 Å². The molecule has 2 heterocycles. The zero-order valence-electron chi connectivity index (χ0n) is 19.2. The number of thiazole rings is 2. The minimum absolute atomic E-state index is 0. The second kappa shape index (κ2) is 12.4. The summed E-state index contributed by atoms with van der Waals surface area (Å²) in [6.45, 7) is 0. The van der Waals surface area contributed by atoms with Crippen LogP contribution >= 0.6 is 22.7 Å². The van der Waals surface area contributed by atoms with Crippen molar-refractivity contribution in [3.63, 3.8) is 0 Å². The summed E-state index contributed by atoms with van der Waals surface area (Å²) in [6.07, 6.45) is 6.74. The molecule has 6 rings (SSSR count). The Kier molecular flexibility index (Phi) is 8.77. The number of phenols is 2. The number of aromatic nitrogens is 2. The average Bonchev–Trinajstić information content (AvgIpc) is 3.63. The number of phenolic OH excluding ortho intramolecular Hbond substituents is 2. The van der Waals surface area contributed by atoms with Crippen LogP contribution in [0, 0.1) is 0 Å². The fourth-order valence-electron chi connectivity index (χ4n) is 3.64. The standard InChI is InChI=1S/2C14H10N2OS.Cu/c2*17-13-6-5-10-3-1-2-4-11(10)12(13)9-16-14-15-7-8-18-14;/h2*1-9,17H;/b2*16-9+;. The summed E-state index contributed by atoms with van der Waals surface area (Å²) < 4.78 is 0. The number of aromatic hydroxyl groups is 2. The molecule has 0 aliphatic carbocycles. The van der Waals surface area contributed by atoms with Crippen LogP contribution in [-0.4, -0.2) is 32.6 Å². The van der Waals surface area contributed by atoms with E-state index >= 15 is 0 Å². The van der Waals surface area contributed by atoms with Crippen molar-refractivity contribution in [2.75, 3.05) is 0 Å². The molecule has 0 atom stereocenters. The molecule has 0 aliphatic rings. The topological polar surface area (TPSA) is 91.0 Å². The molecule has 0 aliphatic heterocycles. The van der Waals surface area contributed by atoms with Gasteiger partial charge in [-0.1, -0.05) is 60.7 Å². The summed E-state index contributed by atoms with van der Waals surface area (Å²) in [5.41, 5.74) is 1.45. The van der Waals surface area contributed by atoms with E-state index in [1.54, 1.807) is 37.0 Å². The molecule has 6 aromatic rings. The van der Waals surface area contributed by atoms with Crippen LogP contribution in [0.3, 0.4) is 0 Å². The van der Waals surface area contributed by atoms with Crippen molar-refractivity contribution in [2.45, 2.75) is 0 Å². The second-order valence-electron chi connectivity index (χ2n) is 7.58. The quantitative estimate of drug-likeness (QED) is 0.169. The number of benzene rings is 4. The Morgan fingerprint density at radius 3 is 1.43 bits per heavy atom. The predicted octanol–water partition coefficient (Wildman–Crippen LogP) is 7.50. The third-order valence-electron chi connectivity index (χ3n) is 5.34. The minimum Gasteiger partial charge on any atom is -0.507 e. The third-order valence-corrected chi connectivity index (χ3v) is 6.70. The predicted molar refractivity (Wildman–Crippen MR) is 150 cm³/mol. The van der Waals surface area contributed by atoms with E-state index in [9.17, 15) is 10.2 Å². The molecule has 1 radical (unpaired) electrons. The summed E-state index contributed by atoms with van der Waals surface area (Å²) in [5, 5.41) is 29.1. The maximum absolute atomic E-state index is 9.93. The number of aliphatic imine (C=N–C) groups is 2. The van der Waals surface area contributed by atoms with Crippen molar-refractivity contribution in [1.29, 1.82) is 0 Å². The molecule has 0 spiro atoms. The molecule has 187 valence electrons. The van der Waals surface area contributed by atoms with Gasteiger partial charge in [0.2, 0.25) is 10.3 Å². The van der Waals surface area contributed by atoms with Crippen LogP contribution in [0.4, 0.5) is 10.3 Å². The second-order valence-corrected chi connectivity index (χ2v) is 9.33. The third kappa shape index (κ3) is 6.28. The van der Waals surface area contributed by atoms with E-state index in [-0.39, 0.29) is 28.6 Å². The molecule has 37 heavy (non-hydrogen) atoms. The van der Waals surface area contributed by atoms with Crippen molar-refractivity contribution in [1.82, 2.24) is 9.97 Å². The molecule has 0 saturated heterocycles. The summed E-state index contributed by atoms with van der Waals surface area (Å²) in [6, 6.07) is 23.0. The Morgan fingerprint density at radius 2 is 1.03 bits per heavy atom. The van der Waals surface area contributed by atoms with Gasteiger partial charge in [-0.2, -0.15) is 0 Å². The van der Waals surface area contributed by atoms with Gasteiger partial charge in [0.05, 0.1) is 0 Å². The van der Waals surface area contributed by atoms with Crippen LogP contribution < -0.4 is 0 Å². The summed E-state index contributed by atoms with van der Waals surface area (Å²) in [5.74, 6) is 0.461. The van der Waals surface area contributed by atoms with E-state index in [4.69, 9.17) is 0 Å². The van der Waals surface area contributed by atoms with Crippen LogP contribution in [0.25, 0.3) is 21.5 Å². The fraction of sp³-hybridized carbons (Fsp3) is 0. The number of nitrogens with zero attached hydrogens (tertiary/aromatic N) is 4. The zero-order chi connectivity index (χ0) is 24.7. The number of hydrogen-bond donors (Lipinski definition) is 2. The van der Waals surface area contributed by atoms with Crippen LogP contribution in [-0.2, 0) is 17.1 Å². The van der Waals surface area contributed by atoms with Crippen molar-refractivity contribution in [3.8, 4) is 11.5 Å². The Morgan fingerprint density at radius 1 is 0.595 bits per heavy atom. The monoisotopic (exact) mass is 571 g/mol. The van der Waals surface area contributed by atoms with Crippen LogP contribution in [0.1, 0.15) is 11.1 Å². The van der Waals surface area contributed by atoms with Gasteiger partial charge < -0.3 is 10.2 Å². The Hall–Kier alpha value is -3.88. The van der Waals surface area contributed by atoms with E-state index in [1.165, 1.54) is 22.7 Å². The molecule has 0 fully saturated rings. The molecule has 0 saturated carbocycles. The molecular formula is C28H20CuN4O2S2. The Balaban J connectivity index is 0.000000168. The van der Waals surface area contributed by atoms with Gasteiger partial charge in [-0.25, -0.2) is 20.0 Å². The van der Waals surface area contributed by atoms with E-state index in [2.05, 4.69) is 20.0 Å². The van der Waals surface area contributed by atoms with Crippen LogP contribution in [0.15, 0.2) is 106 Å². The number of hydrogen-bond acceptors (Lipinski definition) is 8. The summed E-state index contributed by atoms with van der Waals surface area (Å²) in [4.78, 5) is 16.7. The molecule has 0 amide bonds. The first-order valence-electron chi connectivity index (χ1n) is 11.0. The van der Waals surface area contributed by atoms with Gasteiger partial charge in [0, 0.05) is 63.8 Å². The first-order valence-corrected chi connectivity index (χ1v) is 12.7. The average molecular weight is 572 g/mol. The SMILES string of the molecule is Oc1ccc2ccccc2c1/C=N/c1nccs1.Oc1ccc2ccccc2c1/C=N/c1nccs1.[Cu]. The molecule has 0 unspecified atom stereocenters. The summed E-state index contributed by atoms with van der Waals surface area (Å²) in [7, 11) is 0. The van der Waals surface area contributed by atoms with E-state index in [0.29, 0.717) is 10.3 Å². The van der Waals surface area contributed by atoms with Gasteiger partial charge in [-0.15, -0.1) is 22.7 Å². The fourth-order valence-corrected chi connectivity index (χ4v) is 4.60. The maximum Gasteiger partial charge on any atom is 0.209 e. The van der Waals surface area contributed by atoms with Crippen molar-refractivity contribution < 1.29 is 27.3 Å². The van der Waals surface area contributed by atoms with E-state index in [1.807, 2.05) is 71.4 Å². The molecule has 6 nitrogen and oxygen atoms in total. The maximum atomic E-state index is 9.93. The van der Waals surface area contributed by atoms with Crippen LogP contribution in [0.5, 0.6) is 11.5 Å². The number of rotatable bonds is 4. The minimum atomic E-state index is 0. The van der Waals surface area contributed by atoms with Crippen molar-refractivity contribution >= 4 is 66.9 Å². The van der Waals surface area contributed by atoms with Gasteiger partial charge in [0.25, 0.3) is 0 Å². The number of fused-ring (bicyclic) bond motifs is 2. The molecule has 2 aromatic heterocycles. The summed E-state index contributed by atoms with van der Waals surface area (Å²) >= 11 is 2.93. The van der Waals surface area contributed by atoms with Gasteiger partial charge in [0.1, 0.15) is 11.5 Å². The van der Waals surface area contributed by atoms with Crippen molar-refractivity contribution in [2.24, 2.45) is 9.98 Å². The largest absolute Gasteiger partial charge is 0.507 e. The first-order chi connectivity index (χ1) is 17.7. The Labute approximate surface area is 231 Å². The molecule has 2 N–H and O–H groups in total. The zero-order valence-corrected chi connectivity index (χ0v) is 21.8. The van der Waals surface area contributed by atoms with E-state index in [0.717, 1.165) is 32.7 Å². The normalized spacial score (nSPS) is 11.0. The smallest absolute Gasteiger partial charge is 0.209 e. The first kappa shape index (κ1) is 26.2. The van der Waals surface area contributed by atoms with Crippen LogP contribution in [0.2, 0.25) is 0 Å². The van der Waals surface area contributed by atoms with E-state index < -0.39 is 0 Å². The Bertz CT molecular complexity index is 1540. The molecule has 4 aromatic carbocycles. The van der Waals surface area contributed by atoms with Crippen molar-refractivity contribution in [3.05, 3.63) is 107 Å². The molecule has 9 heteroatoms.